The van der Waals surface area contributed by atoms with Gasteiger partial charge < -0.3 is 10.6 Å². The molecule has 20 heavy (non-hydrogen) atoms. The van der Waals surface area contributed by atoms with Gasteiger partial charge in [0.1, 0.15) is 0 Å². The SMILES string of the molecule is CC(C)CC(=O)NC(C)CCC(C)(C)C(=O)NC(C)C. The first kappa shape index (κ1) is 18.9. The Kier molecular flexibility index (Phi) is 7.84. The first-order chi connectivity index (χ1) is 9.04. The quantitative estimate of drug-likeness (QED) is 0.720. The van der Waals surface area contributed by atoms with Crippen molar-refractivity contribution in [3.05, 3.63) is 0 Å². The second kappa shape index (κ2) is 8.28. The minimum Gasteiger partial charge on any atom is -0.354 e. The molecule has 0 saturated heterocycles. The maximum absolute atomic E-state index is 12.1. The lowest BCUT2D eigenvalue weighted by Gasteiger charge is -2.26. The minimum absolute atomic E-state index is 0.0770. The molecule has 0 aliphatic rings. The number of amides is 2. The summed E-state index contributed by atoms with van der Waals surface area (Å²) in [5.41, 5.74) is -0.401. The number of rotatable bonds is 8. The molecule has 0 radical (unpaired) electrons. The fourth-order valence-corrected chi connectivity index (χ4v) is 1.93. The number of carbonyl (C=O) groups is 2. The van der Waals surface area contributed by atoms with Crippen molar-refractivity contribution in [2.45, 2.75) is 79.8 Å². The third-order valence-electron chi connectivity index (χ3n) is 3.24. The van der Waals surface area contributed by atoms with Crippen LogP contribution in [0.1, 0.15) is 67.7 Å². The van der Waals surface area contributed by atoms with Crippen molar-refractivity contribution in [1.29, 1.82) is 0 Å². The lowest BCUT2D eigenvalue weighted by atomic mass is 9.85. The Morgan fingerprint density at radius 1 is 1.00 bits per heavy atom. The van der Waals surface area contributed by atoms with Gasteiger partial charge in [-0.25, -0.2) is 0 Å². The van der Waals surface area contributed by atoms with Gasteiger partial charge in [-0.2, -0.15) is 0 Å². The molecule has 2 amide bonds. The van der Waals surface area contributed by atoms with Gasteiger partial charge in [0.15, 0.2) is 0 Å². The lowest BCUT2D eigenvalue weighted by molar-refractivity contribution is -0.130. The van der Waals surface area contributed by atoms with Crippen LogP contribution in [0.4, 0.5) is 0 Å². The van der Waals surface area contributed by atoms with Crippen LogP contribution in [0.3, 0.4) is 0 Å². The Balaban J connectivity index is 4.18. The lowest BCUT2D eigenvalue weighted by Crippen LogP contribution is -2.41. The molecule has 0 heterocycles. The second-order valence-corrected chi connectivity index (χ2v) is 7.12. The van der Waals surface area contributed by atoms with E-state index in [1.165, 1.54) is 0 Å². The maximum Gasteiger partial charge on any atom is 0.225 e. The first-order valence-corrected chi connectivity index (χ1v) is 7.65. The first-order valence-electron chi connectivity index (χ1n) is 7.65. The number of nitrogens with one attached hydrogen (secondary N) is 2. The van der Waals surface area contributed by atoms with Crippen LogP contribution in [0.15, 0.2) is 0 Å². The summed E-state index contributed by atoms with van der Waals surface area (Å²) in [6.45, 7) is 13.9. The average Bonchev–Trinajstić information content (AvgIpc) is 2.24. The highest BCUT2D eigenvalue weighted by atomic mass is 16.2. The molecular weight excluding hydrogens is 252 g/mol. The molecule has 4 heteroatoms. The summed E-state index contributed by atoms with van der Waals surface area (Å²) in [5.74, 6) is 0.542. The molecule has 0 fully saturated rings. The molecule has 0 aliphatic heterocycles. The summed E-state index contributed by atoms with van der Waals surface area (Å²) < 4.78 is 0. The zero-order valence-corrected chi connectivity index (χ0v) is 14.2. The summed E-state index contributed by atoms with van der Waals surface area (Å²) in [6, 6.07) is 0.261. The molecule has 0 spiro atoms. The van der Waals surface area contributed by atoms with E-state index in [4.69, 9.17) is 0 Å². The van der Waals surface area contributed by atoms with Crippen LogP contribution in [0.25, 0.3) is 0 Å². The molecule has 1 atom stereocenters. The van der Waals surface area contributed by atoms with Crippen molar-refractivity contribution in [3.63, 3.8) is 0 Å². The number of hydrogen-bond acceptors (Lipinski definition) is 2. The van der Waals surface area contributed by atoms with Gasteiger partial charge in [-0.3, -0.25) is 9.59 Å². The third kappa shape index (κ3) is 8.18. The molecule has 1 unspecified atom stereocenters. The van der Waals surface area contributed by atoms with Crippen LogP contribution in [0, 0.1) is 11.3 Å². The molecule has 0 rings (SSSR count). The largest absolute Gasteiger partial charge is 0.354 e. The van der Waals surface area contributed by atoms with Crippen LogP contribution in [-0.4, -0.2) is 23.9 Å². The van der Waals surface area contributed by atoms with Gasteiger partial charge in [-0.1, -0.05) is 27.7 Å². The molecule has 0 aromatic heterocycles. The summed E-state index contributed by atoms with van der Waals surface area (Å²) >= 11 is 0. The predicted molar refractivity (Wildman–Crippen MR) is 83.4 cm³/mol. The molecule has 0 aromatic carbocycles. The fraction of sp³-hybridized carbons (Fsp3) is 0.875. The van der Waals surface area contributed by atoms with E-state index in [-0.39, 0.29) is 23.9 Å². The van der Waals surface area contributed by atoms with Gasteiger partial charge in [0.2, 0.25) is 11.8 Å². The van der Waals surface area contributed by atoms with Crippen LogP contribution in [0.5, 0.6) is 0 Å². The minimum atomic E-state index is -0.401. The molecule has 4 nitrogen and oxygen atoms in total. The monoisotopic (exact) mass is 284 g/mol. The summed E-state index contributed by atoms with van der Waals surface area (Å²) in [5, 5.41) is 5.94. The van der Waals surface area contributed by atoms with Gasteiger partial charge in [0.25, 0.3) is 0 Å². The van der Waals surface area contributed by atoms with Gasteiger partial charge in [0, 0.05) is 23.9 Å². The smallest absolute Gasteiger partial charge is 0.225 e. The highest BCUT2D eigenvalue weighted by molar-refractivity contribution is 5.82. The number of hydrogen-bond donors (Lipinski definition) is 2. The fourth-order valence-electron chi connectivity index (χ4n) is 1.93. The van der Waals surface area contributed by atoms with Gasteiger partial charge in [0.05, 0.1) is 0 Å². The predicted octanol–water partition coefficient (Wildman–Crippen LogP) is 2.87. The van der Waals surface area contributed by atoms with Crippen LogP contribution in [0.2, 0.25) is 0 Å². The van der Waals surface area contributed by atoms with Crippen molar-refractivity contribution in [2.75, 3.05) is 0 Å². The van der Waals surface area contributed by atoms with E-state index in [0.717, 1.165) is 12.8 Å². The molecular formula is C16H32N2O2. The van der Waals surface area contributed by atoms with Crippen molar-refractivity contribution in [1.82, 2.24) is 10.6 Å². The van der Waals surface area contributed by atoms with Crippen molar-refractivity contribution in [3.8, 4) is 0 Å². The second-order valence-electron chi connectivity index (χ2n) is 7.12. The maximum atomic E-state index is 12.1. The Labute approximate surface area is 124 Å². The van der Waals surface area contributed by atoms with E-state index < -0.39 is 5.41 Å². The molecule has 118 valence electrons. The van der Waals surface area contributed by atoms with Crippen molar-refractivity contribution >= 4 is 11.8 Å². The highest BCUT2D eigenvalue weighted by Crippen LogP contribution is 2.23. The average molecular weight is 284 g/mol. The van der Waals surface area contributed by atoms with Crippen molar-refractivity contribution < 1.29 is 9.59 Å². The molecule has 0 aliphatic carbocycles. The van der Waals surface area contributed by atoms with Gasteiger partial charge in [-0.05, 0) is 39.5 Å². The van der Waals surface area contributed by atoms with Crippen LogP contribution >= 0.6 is 0 Å². The van der Waals surface area contributed by atoms with E-state index in [2.05, 4.69) is 10.6 Å². The zero-order valence-electron chi connectivity index (χ0n) is 14.2. The van der Waals surface area contributed by atoms with E-state index in [1.54, 1.807) is 0 Å². The van der Waals surface area contributed by atoms with Gasteiger partial charge >= 0.3 is 0 Å². The standard InChI is InChI=1S/C16H32N2O2/c1-11(2)10-14(19)18-13(5)8-9-16(6,7)15(20)17-12(3)4/h11-13H,8-10H2,1-7H3,(H,17,20)(H,18,19). The molecule has 0 bridgehead atoms. The van der Waals surface area contributed by atoms with Crippen LogP contribution in [-0.2, 0) is 9.59 Å². The van der Waals surface area contributed by atoms with E-state index >= 15 is 0 Å². The Morgan fingerprint density at radius 2 is 1.55 bits per heavy atom. The van der Waals surface area contributed by atoms with Crippen molar-refractivity contribution in [2.24, 2.45) is 11.3 Å². The molecule has 0 aromatic rings. The van der Waals surface area contributed by atoms with Gasteiger partial charge in [-0.15, -0.1) is 0 Å². The normalized spacial score (nSPS) is 13.4. The van der Waals surface area contributed by atoms with E-state index in [0.29, 0.717) is 12.3 Å². The Hall–Kier alpha value is -1.06. The summed E-state index contributed by atoms with van der Waals surface area (Å²) in [6.07, 6.45) is 2.12. The third-order valence-corrected chi connectivity index (χ3v) is 3.24. The topological polar surface area (TPSA) is 58.2 Å². The van der Waals surface area contributed by atoms with E-state index in [1.807, 2.05) is 48.5 Å². The highest BCUT2D eigenvalue weighted by Gasteiger charge is 2.28. The van der Waals surface area contributed by atoms with E-state index in [9.17, 15) is 9.59 Å². The Morgan fingerprint density at radius 3 is 2.00 bits per heavy atom. The molecule has 2 N–H and O–H groups in total. The summed E-state index contributed by atoms with van der Waals surface area (Å²) in [7, 11) is 0. The Bertz CT molecular complexity index is 322. The van der Waals surface area contributed by atoms with Crippen LogP contribution < -0.4 is 10.6 Å². The summed E-state index contributed by atoms with van der Waals surface area (Å²) in [4.78, 5) is 23.7. The zero-order chi connectivity index (χ0) is 15.9. The number of carbonyl (C=O) groups excluding carboxylic acids is 2. The molecule has 0 saturated carbocycles.